The second kappa shape index (κ2) is 8.24. The summed E-state index contributed by atoms with van der Waals surface area (Å²) in [5.74, 6) is 1.03. The number of amides is 1. The number of hydrogen-bond donors (Lipinski definition) is 2. The van der Waals surface area contributed by atoms with Gasteiger partial charge in [-0.2, -0.15) is 9.78 Å². The van der Waals surface area contributed by atoms with E-state index in [4.69, 9.17) is 19.9 Å². The Morgan fingerprint density at radius 3 is 2.48 bits per heavy atom. The lowest BCUT2D eigenvalue weighted by molar-refractivity contribution is 0.0949. The minimum Gasteiger partial charge on any atom is -0.496 e. The van der Waals surface area contributed by atoms with Crippen LogP contribution < -0.4 is 25.4 Å². The number of methoxy groups -OCH3 is 3. The SMILES string of the molecule is COc1cc(OC)c(OC)cc1/C=N/NC(=O)c1nnn(-c2nonc2N)c1C. The van der Waals surface area contributed by atoms with E-state index in [1.54, 1.807) is 19.1 Å². The topological polar surface area (TPSA) is 165 Å². The normalized spacial score (nSPS) is 10.9. The van der Waals surface area contributed by atoms with Gasteiger partial charge in [-0.3, -0.25) is 4.79 Å². The summed E-state index contributed by atoms with van der Waals surface area (Å²) in [4.78, 5) is 12.4. The summed E-state index contributed by atoms with van der Waals surface area (Å²) in [6.07, 6.45) is 1.40. The van der Waals surface area contributed by atoms with Gasteiger partial charge in [0.15, 0.2) is 17.2 Å². The maximum atomic E-state index is 12.4. The molecule has 0 spiro atoms. The van der Waals surface area contributed by atoms with E-state index in [1.807, 2.05) is 0 Å². The Balaban J connectivity index is 1.79. The number of anilines is 1. The number of nitrogens with two attached hydrogens (primary N) is 1. The van der Waals surface area contributed by atoms with E-state index in [0.29, 0.717) is 28.5 Å². The molecule has 13 nitrogen and oxygen atoms in total. The van der Waals surface area contributed by atoms with Crippen molar-refractivity contribution in [1.82, 2.24) is 30.7 Å². The van der Waals surface area contributed by atoms with E-state index in [2.05, 4.69) is 35.8 Å². The molecule has 0 atom stereocenters. The van der Waals surface area contributed by atoms with Crippen molar-refractivity contribution >= 4 is 17.9 Å². The van der Waals surface area contributed by atoms with Gasteiger partial charge in [0.1, 0.15) is 5.75 Å². The van der Waals surface area contributed by atoms with E-state index in [9.17, 15) is 4.79 Å². The zero-order valence-corrected chi connectivity index (χ0v) is 16.0. The van der Waals surface area contributed by atoms with Gasteiger partial charge >= 0.3 is 0 Å². The lowest BCUT2D eigenvalue weighted by Gasteiger charge is -2.11. The number of ether oxygens (including phenoxy) is 3. The Kier molecular flexibility index (Phi) is 5.57. The Bertz CT molecular complexity index is 1060. The highest BCUT2D eigenvalue weighted by Gasteiger charge is 2.20. The molecule has 0 aliphatic heterocycles. The molecule has 0 saturated heterocycles. The molecule has 0 fully saturated rings. The molecule has 29 heavy (non-hydrogen) atoms. The van der Waals surface area contributed by atoms with Crippen molar-refractivity contribution in [2.75, 3.05) is 27.1 Å². The smallest absolute Gasteiger partial charge is 0.293 e. The molecule has 0 unspecified atom stereocenters. The zero-order chi connectivity index (χ0) is 21.0. The summed E-state index contributed by atoms with van der Waals surface area (Å²) in [5.41, 5.74) is 8.98. The summed E-state index contributed by atoms with van der Waals surface area (Å²) < 4.78 is 21.6. The third kappa shape index (κ3) is 3.78. The first-order valence-corrected chi connectivity index (χ1v) is 8.14. The number of nitrogens with one attached hydrogen (secondary N) is 1. The highest BCUT2D eigenvalue weighted by Crippen LogP contribution is 2.33. The van der Waals surface area contributed by atoms with E-state index in [-0.39, 0.29) is 17.3 Å². The highest BCUT2D eigenvalue weighted by molar-refractivity contribution is 5.94. The highest BCUT2D eigenvalue weighted by atomic mass is 16.6. The molecule has 152 valence electrons. The number of carbonyl (C=O) groups is 1. The number of nitrogen functional groups attached to an aromatic ring is 1. The number of hydrogen-bond acceptors (Lipinski definition) is 11. The van der Waals surface area contributed by atoms with Crippen molar-refractivity contribution in [2.45, 2.75) is 6.92 Å². The molecule has 0 bridgehead atoms. The van der Waals surface area contributed by atoms with Crippen LogP contribution in [-0.2, 0) is 0 Å². The van der Waals surface area contributed by atoms with Crippen LogP contribution in [0.3, 0.4) is 0 Å². The second-order valence-electron chi connectivity index (χ2n) is 5.56. The molecule has 3 aromatic rings. The molecular weight excluding hydrogens is 384 g/mol. The first kappa shape index (κ1) is 19.6. The molecule has 0 saturated carbocycles. The molecule has 3 N–H and O–H groups in total. The van der Waals surface area contributed by atoms with Crippen molar-refractivity contribution in [1.29, 1.82) is 0 Å². The minimum absolute atomic E-state index is 0.0172. The molecule has 0 radical (unpaired) electrons. The quantitative estimate of drug-likeness (QED) is 0.415. The molecule has 3 rings (SSSR count). The average Bonchev–Trinajstić information content (AvgIpc) is 3.32. The zero-order valence-electron chi connectivity index (χ0n) is 16.0. The molecule has 2 heterocycles. The lowest BCUT2D eigenvalue weighted by Crippen LogP contribution is -2.19. The molecular formula is C16H18N8O5. The van der Waals surface area contributed by atoms with E-state index >= 15 is 0 Å². The van der Waals surface area contributed by atoms with Crippen LogP contribution in [0, 0.1) is 6.92 Å². The number of aromatic nitrogens is 5. The maximum Gasteiger partial charge on any atom is 0.293 e. The van der Waals surface area contributed by atoms with Crippen LogP contribution in [-0.4, -0.2) is 58.8 Å². The van der Waals surface area contributed by atoms with Gasteiger partial charge in [0.25, 0.3) is 5.91 Å². The Labute approximate surface area is 164 Å². The summed E-state index contributed by atoms with van der Waals surface area (Å²) in [7, 11) is 4.53. The fourth-order valence-electron chi connectivity index (χ4n) is 2.45. The predicted molar refractivity (Wildman–Crippen MR) is 99.5 cm³/mol. The van der Waals surface area contributed by atoms with E-state index in [0.717, 1.165) is 0 Å². The molecule has 0 aliphatic carbocycles. The fourth-order valence-corrected chi connectivity index (χ4v) is 2.45. The van der Waals surface area contributed by atoms with Gasteiger partial charge in [-0.15, -0.1) is 5.10 Å². The second-order valence-corrected chi connectivity index (χ2v) is 5.56. The van der Waals surface area contributed by atoms with Crippen LogP contribution in [0.1, 0.15) is 21.7 Å². The monoisotopic (exact) mass is 402 g/mol. The van der Waals surface area contributed by atoms with Crippen LogP contribution in [0.2, 0.25) is 0 Å². The summed E-state index contributed by atoms with van der Waals surface area (Å²) in [6, 6.07) is 3.31. The van der Waals surface area contributed by atoms with Crippen molar-refractivity contribution in [3.05, 3.63) is 29.1 Å². The van der Waals surface area contributed by atoms with Gasteiger partial charge in [-0.1, -0.05) is 5.21 Å². The number of hydrazone groups is 1. The number of benzene rings is 1. The molecule has 13 heteroatoms. The van der Waals surface area contributed by atoms with Crippen LogP contribution in [0.15, 0.2) is 21.9 Å². The van der Waals surface area contributed by atoms with Gasteiger partial charge in [0, 0.05) is 11.6 Å². The fraction of sp³-hybridized carbons (Fsp3) is 0.250. The van der Waals surface area contributed by atoms with E-state index in [1.165, 1.54) is 32.2 Å². The third-order valence-corrected chi connectivity index (χ3v) is 3.91. The van der Waals surface area contributed by atoms with Gasteiger partial charge in [0.05, 0.1) is 33.2 Å². The third-order valence-electron chi connectivity index (χ3n) is 3.91. The van der Waals surface area contributed by atoms with Gasteiger partial charge < -0.3 is 19.9 Å². The number of carbonyl (C=O) groups excluding carboxylic acids is 1. The van der Waals surface area contributed by atoms with Gasteiger partial charge in [-0.25, -0.2) is 10.1 Å². The average molecular weight is 402 g/mol. The van der Waals surface area contributed by atoms with Crippen LogP contribution in [0.5, 0.6) is 17.2 Å². The van der Waals surface area contributed by atoms with Crippen molar-refractivity contribution in [2.24, 2.45) is 5.10 Å². The van der Waals surface area contributed by atoms with Crippen molar-refractivity contribution in [3.8, 4) is 23.1 Å². The van der Waals surface area contributed by atoms with E-state index < -0.39 is 5.91 Å². The molecule has 1 amide bonds. The van der Waals surface area contributed by atoms with Crippen molar-refractivity contribution < 1.29 is 23.6 Å². The maximum absolute atomic E-state index is 12.4. The van der Waals surface area contributed by atoms with Gasteiger partial charge in [-0.05, 0) is 23.3 Å². The van der Waals surface area contributed by atoms with Gasteiger partial charge in [0.2, 0.25) is 11.6 Å². The van der Waals surface area contributed by atoms with Crippen LogP contribution in [0.4, 0.5) is 5.82 Å². The summed E-state index contributed by atoms with van der Waals surface area (Å²) in [6.45, 7) is 1.62. The molecule has 0 aliphatic rings. The largest absolute Gasteiger partial charge is 0.496 e. The number of nitrogens with zero attached hydrogens (tertiary/aromatic N) is 6. The lowest BCUT2D eigenvalue weighted by atomic mass is 10.2. The molecule has 2 aromatic heterocycles. The molecule has 1 aromatic carbocycles. The van der Waals surface area contributed by atoms with Crippen molar-refractivity contribution in [3.63, 3.8) is 0 Å². The standard InChI is InChI=1S/C16H18N8O5/c1-8-13(19-23-24(8)15-14(17)21-29-22-15)16(25)20-18-7-9-5-11(27-3)12(28-4)6-10(9)26-2/h5-7H,1-4H3,(H2,17,21)(H,20,25)/b18-7+. The summed E-state index contributed by atoms with van der Waals surface area (Å²) >= 11 is 0. The summed E-state index contributed by atoms with van der Waals surface area (Å²) in [5, 5.41) is 18.7. The predicted octanol–water partition coefficient (Wildman–Crippen LogP) is 0.331. The Morgan fingerprint density at radius 1 is 1.17 bits per heavy atom. The Morgan fingerprint density at radius 2 is 1.86 bits per heavy atom. The van der Waals surface area contributed by atoms with Crippen LogP contribution in [0.25, 0.3) is 5.82 Å². The minimum atomic E-state index is -0.584. The number of rotatable bonds is 7. The first-order valence-electron chi connectivity index (χ1n) is 8.14. The van der Waals surface area contributed by atoms with Crippen LogP contribution >= 0.6 is 0 Å². The Hall–Kier alpha value is -4.16. The first-order chi connectivity index (χ1) is 14.0.